The summed E-state index contributed by atoms with van der Waals surface area (Å²) < 4.78 is 4.52. The summed E-state index contributed by atoms with van der Waals surface area (Å²) in [4.78, 5) is 48.5. The molecule has 0 saturated carbocycles. The van der Waals surface area contributed by atoms with Crippen molar-refractivity contribution < 1.29 is 24.2 Å². The minimum atomic E-state index is -0.875. The zero-order valence-electron chi connectivity index (χ0n) is 25.1. The quantitative estimate of drug-likeness (QED) is 0.372. The van der Waals surface area contributed by atoms with Gasteiger partial charge in [-0.2, -0.15) is 0 Å². The predicted molar refractivity (Wildman–Crippen MR) is 170 cm³/mol. The Balaban J connectivity index is 1.63. The van der Waals surface area contributed by atoms with Crippen LogP contribution in [0.2, 0.25) is 0 Å². The summed E-state index contributed by atoms with van der Waals surface area (Å²) >= 11 is 1.63. The SMILES string of the molecule is C=CCN(C)C(=O)[C@@H]1[C@@H]2CC(C)C3(S2)C(C(=O)N(CC=C)c2ccc(OC)cc2)N([C@@H](CO)Cc2ccccc2)C(=O)[C@H]13. The van der Waals surface area contributed by atoms with Crippen molar-refractivity contribution in [1.82, 2.24) is 9.80 Å². The summed E-state index contributed by atoms with van der Waals surface area (Å²) in [6, 6.07) is 15.4. The molecule has 7 atom stereocenters. The molecule has 3 saturated heterocycles. The van der Waals surface area contributed by atoms with E-state index < -0.39 is 28.7 Å². The van der Waals surface area contributed by atoms with Crippen molar-refractivity contribution in [3.63, 3.8) is 0 Å². The Hall–Kier alpha value is -3.56. The highest BCUT2D eigenvalue weighted by Gasteiger charge is 2.77. The molecule has 0 aliphatic carbocycles. The second-order valence-corrected chi connectivity index (χ2v) is 13.3. The molecular formula is C34H41N3O5S. The number of likely N-dealkylation sites (N-methyl/N-ethyl adjacent to an activating group) is 1. The summed E-state index contributed by atoms with van der Waals surface area (Å²) in [6.07, 6.45) is 4.47. The van der Waals surface area contributed by atoms with Crippen molar-refractivity contribution >= 4 is 35.2 Å². The molecule has 228 valence electrons. The fraction of sp³-hybridized carbons (Fsp3) is 0.441. The lowest BCUT2D eigenvalue weighted by atomic mass is 9.65. The van der Waals surface area contributed by atoms with Crippen LogP contribution in [-0.4, -0.2) is 88.6 Å². The van der Waals surface area contributed by atoms with Crippen LogP contribution in [0.3, 0.4) is 0 Å². The first-order valence-electron chi connectivity index (χ1n) is 14.8. The van der Waals surface area contributed by atoms with Gasteiger partial charge in [0, 0.05) is 31.1 Å². The Morgan fingerprint density at radius 1 is 1.12 bits per heavy atom. The van der Waals surface area contributed by atoms with Gasteiger partial charge in [0.05, 0.1) is 36.3 Å². The Labute approximate surface area is 258 Å². The van der Waals surface area contributed by atoms with Gasteiger partial charge in [-0.15, -0.1) is 24.9 Å². The van der Waals surface area contributed by atoms with E-state index in [1.807, 2.05) is 42.5 Å². The predicted octanol–water partition coefficient (Wildman–Crippen LogP) is 3.80. The number of fused-ring (bicyclic) bond motifs is 1. The summed E-state index contributed by atoms with van der Waals surface area (Å²) in [5, 5.41) is 10.7. The highest BCUT2D eigenvalue weighted by Crippen LogP contribution is 2.69. The highest BCUT2D eigenvalue weighted by atomic mass is 32.2. The maximum Gasteiger partial charge on any atom is 0.251 e. The van der Waals surface area contributed by atoms with Gasteiger partial charge >= 0.3 is 0 Å². The number of methoxy groups -OCH3 is 1. The fourth-order valence-electron chi connectivity index (χ4n) is 7.45. The number of amides is 3. The van der Waals surface area contributed by atoms with Gasteiger partial charge in [-0.3, -0.25) is 14.4 Å². The van der Waals surface area contributed by atoms with E-state index in [-0.39, 0.29) is 42.0 Å². The number of rotatable bonds is 12. The molecule has 9 heteroatoms. The summed E-state index contributed by atoms with van der Waals surface area (Å²) in [5.41, 5.74) is 1.61. The third-order valence-electron chi connectivity index (χ3n) is 9.36. The molecule has 3 aliphatic rings. The van der Waals surface area contributed by atoms with Gasteiger partial charge in [-0.05, 0) is 48.6 Å². The second kappa shape index (κ2) is 12.6. The van der Waals surface area contributed by atoms with Crippen LogP contribution in [0.15, 0.2) is 79.9 Å². The van der Waals surface area contributed by atoms with Crippen molar-refractivity contribution in [1.29, 1.82) is 0 Å². The zero-order valence-corrected chi connectivity index (χ0v) is 25.9. The van der Waals surface area contributed by atoms with Crippen molar-refractivity contribution in [3.8, 4) is 5.75 Å². The molecule has 8 nitrogen and oxygen atoms in total. The molecule has 0 radical (unpaired) electrons. The number of carbonyl (C=O) groups excluding carboxylic acids is 3. The van der Waals surface area contributed by atoms with Gasteiger partial charge in [-0.25, -0.2) is 0 Å². The Morgan fingerprint density at radius 3 is 2.40 bits per heavy atom. The number of hydrogen-bond acceptors (Lipinski definition) is 6. The molecule has 2 aromatic carbocycles. The first-order valence-corrected chi connectivity index (χ1v) is 15.7. The van der Waals surface area contributed by atoms with E-state index in [2.05, 4.69) is 20.1 Å². The number of anilines is 1. The van der Waals surface area contributed by atoms with Crippen LogP contribution in [0.4, 0.5) is 5.69 Å². The molecular weight excluding hydrogens is 562 g/mol. The number of carbonyl (C=O) groups is 3. The van der Waals surface area contributed by atoms with E-state index in [9.17, 15) is 19.5 Å². The zero-order chi connectivity index (χ0) is 30.9. The molecule has 5 rings (SSSR count). The molecule has 3 amide bonds. The van der Waals surface area contributed by atoms with Crippen molar-refractivity contribution in [2.75, 3.05) is 38.8 Å². The average Bonchev–Trinajstić information content (AvgIpc) is 3.62. The minimum Gasteiger partial charge on any atom is -0.497 e. The summed E-state index contributed by atoms with van der Waals surface area (Å²) in [6.45, 7) is 10.1. The van der Waals surface area contributed by atoms with Gasteiger partial charge < -0.3 is 24.5 Å². The second-order valence-electron chi connectivity index (χ2n) is 11.8. The van der Waals surface area contributed by atoms with Gasteiger partial charge in [0.2, 0.25) is 11.8 Å². The van der Waals surface area contributed by atoms with Crippen molar-refractivity contribution in [2.45, 2.75) is 41.8 Å². The fourth-order valence-corrected chi connectivity index (χ4v) is 9.85. The largest absolute Gasteiger partial charge is 0.497 e. The molecule has 3 heterocycles. The maximum atomic E-state index is 15.0. The first kappa shape index (κ1) is 30.9. The average molecular weight is 604 g/mol. The maximum absolute atomic E-state index is 15.0. The molecule has 3 fully saturated rings. The van der Waals surface area contributed by atoms with E-state index in [4.69, 9.17) is 4.74 Å². The van der Waals surface area contributed by atoms with Gasteiger partial charge in [-0.1, -0.05) is 49.4 Å². The Bertz CT molecular complexity index is 1370. The van der Waals surface area contributed by atoms with Crippen LogP contribution >= 0.6 is 11.8 Å². The topological polar surface area (TPSA) is 90.4 Å². The van der Waals surface area contributed by atoms with Gasteiger partial charge in [0.15, 0.2) is 0 Å². The molecule has 2 bridgehead atoms. The lowest BCUT2D eigenvalue weighted by molar-refractivity contribution is -0.145. The lowest BCUT2D eigenvalue weighted by Gasteiger charge is -2.42. The number of nitrogens with zero attached hydrogens (tertiary/aromatic N) is 3. The first-order chi connectivity index (χ1) is 20.7. The van der Waals surface area contributed by atoms with Gasteiger partial charge in [0.25, 0.3) is 5.91 Å². The number of aliphatic hydroxyl groups excluding tert-OH is 1. The number of hydrogen-bond donors (Lipinski definition) is 1. The Kier molecular flexibility index (Phi) is 9.04. The van der Waals surface area contributed by atoms with Crippen LogP contribution < -0.4 is 9.64 Å². The van der Waals surface area contributed by atoms with Crippen LogP contribution in [0.5, 0.6) is 5.75 Å². The third kappa shape index (κ3) is 5.16. The molecule has 43 heavy (non-hydrogen) atoms. The molecule has 2 aromatic rings. The molecule has 1 N–H and O–H groups in total. The van der Waals surface area contributed by atoms with E-state index in [1.165, 1.54) is 0 Å². The summed E-state index contributed by atoms with van der Waals surface area (Å²) in [5.74, 6) is -1.12. The lowest BCUT2D eigenvalue weighted by Crippen LogP contribution is -2.59. The smallest absolute Gasteiger partial charge is 0.251 e. The Morgan fingerprint density at radius 2 is 1.79 bits per heavy atom. The summed E-state index contributed by atoms with van der Waals surface area (Å²) in [7, 11) is 3.32. The standard InChI is InChI=1S/C34H41N3O5S/c1-6-17-35(4)31(39)28-27-19-22(3)34(43-27)29(28)32(40)37(25(21-38)20-23-11-9-8-10-12-23)30(34)33(41)36(18-7-2)24-13-15-26(42-5)16-14-24/h6-16,22,25,27-30,38H,1-2,17-21H2,3-5H3/t22?,25-,27+,28-,29+,30?,34?/m1/s1. The van der Waals surface area contributed by atoms with Crippen LogP contribution in [-0.2, 0) is 20.8 Å². The molecule has 0 aromatic heterocycles. The number of ether oxygens (including phenoxy) is 1. The van der Waals surface area contributed by atoms with Crippen molar-refractivity contribution in [2.24, 2.45) is 17.8 Å². The number of aliphatic hydroxyl groups is 1. The molecule has 3 unspecified atom stereocenters. The highest BCUT2D eigenvalue weighted by molar-refractivity contribution is 8.02. The van der Waals surface area contributed by atoms with Crippen molar-refractivity contribution in [3.05, 3.63) is 85.5 Å². The number of likely N-dealkylation sites (tertiary alicyclic amines) is 1. The van der Waals surface area contributed by atoms with E-state index in [1.54, 1.807) is 64.9 Å². The van der Waals surface area contributed by atoms with E-state index in [0.717, 1.165) is 12.0 Å². The monoisotopic (exact) mass is 603 g/mol. The third-order valence-corrected chi connectivity index (χ3v) is 11.4. The van der Waals surface area contributed by atoms with E-state index >= 15 is 0 Å². The minimum absolute atomic E-state index is 0.00155. The molecule has 3 aliphatic heterocycles. The van der Waals surface area contributed by atoms with Crippen LogP contribution in [0.25, 0.3) is 0 Å². The molecule has 1 spiro atoms. The van der Waals surface area contributed by atoms with E-state index in [0.29, 0.717) is 24.4 Å². The number of thioether (sulfide) groups is 1. The number of benzene rings is 2. The normalized spacial score (nSPS) is 27.9. The van der Waals surface area contributed by atoms with Crippen LogP contribution in [0, 0.1) is 17.8 Å². The van der Waals surface area contributed by atoms with Gasteiger partial charge in [0.1, 0.15) is 11.8 Å². The van der Waals surface area contributed by atoms with Crippen LogP contribution in [0.1, 0.15) is 18.9 Å².